The summed E-state index contributed by atoms with van der Waals surface area (Å²) in [6.45, 7) is 8.74. The molecule has 0 aromatic rings. The Kier molecular flexibility index (Phi) is 6.93. The van der Waals surface area contributed by atoms with Crippen LogP contribution in [0.5, 0.6) is 0 Å². The summed E-state index contributed by atoms with van der Waals surface area (Å²) in [4.78, 5) is 11.1. The Balaban J connectivity index is 3.55. The van der Waals surface area contributed by atoms with Crippen LogP contribution in [-0.4, -0.2) is 5.78 Å². The number of ketones is 1. The van der Waals surface area contributed by atoms with Gasteiger partial charge in [-0.3, -0.25) is 4.79 Å². The molecular weight excluding hydrogens is 160 g/mol. The number of hydrogen-bond acceptors (Lipinski definition) is 1. The van der Waals surface area contributed by atoms with Gasteiger partial charge in [-0.15, -0.1) is 0 Å². The van der Waals surface area contributed by atoms with E-state index in [1.807, 2.05) is 6.92 Å². The summed E-state index contributed by atoms with van der Waals surface area (Å²) in [5.41, 5.74) is 0. The van der Waals surface area contributed by atoms with Crippen LogP contribution < -0.4 is 0 Å². The smallest absolute Gasteiger partial charge is 0.132 e. The highest BCUT2D eigenvalue weighted by molar-refractivity contribution is 5.77. The fourth-order valence-electron chi connectivity index (χ4n) is 1.75. The lowest BCUT2D eigenvalue weighted by atomic mass is 9.88. The summed E-state index contributed by atoms with van der Waals surface area (Å²) >= 11 is 0. The Hall–Kier alpha value is -0.330. The normalized spacial score (nSPS) is 13.3. The van der Waals surface area contributed by atoms with E-state index in [9.17, 15) is 4.79 Å². The van der Waals surface area contributed by atoms with Crippen molar-refractivity contribution in [1.82, 2.24) is 0 Å². The lowest BCUT2D eigenvalue weighted by Crippen LogP contribution is -2.08. The fraction of sp³-hybridized carbons (Fsp3) is 0.917. The van der Waals surface area contributed by atoms with Crippen molar-refractivity contribution >= 4 is 5.78 Å². The molecule has 0 aliphatic heterocycles. The third-order valence-corrected chi connectivity index (χ3v) is 2.89. The minimum absolute atomic E-state index is 0.415. The molecule has 0 aliphatic rings. The predicted molar refractivity (Wildman–Crippen MR) is 57.8 cm³/mol. The molecule has 1 heteroatoms. The molecule has 0 saturated heterocycles. The van der Waals surface area contributed by atoms with E-state index in [0.29, 0.717) is 12.2 Å². The second-order valence-electron chi connectivity index (χ2n) is 4.20. The van der Waals surface area contributed by atoms with Crippen LogP contribution >= 0.6 is 0 Å². The fourth-order valence-corrected chi connectivity index (χ4v) is 1.75. The molecule has 0 aliphatic carbocycles. The number of carbonyl (C=O) groups excluding carboxylic acids is 1. The maximum atomic E-state index is 11.1. The minimum atomic E-state index is 0.415. The molecule has 1 unspecified atom stereocenters. The van der Waals surface area contributed by atoms with E-state index in [0.717, 1.165) is 24.7 Å². The molecule has 0 bridgehead atoms. The van der Waals surface area contributed by atoms with Crippen LogP contribution in [0.3, 0.4) is 0 Å². The van der Waals surface area contributed by atoms with Gasteiger partial charge in [-0.25, -0.2) is 0 Å². The average molecular weight is 184 g/mol. The minimum Gasteiger partial charge on any atom is -0.300 e. The Labute approximate surface area is 82.9 Å². The first kappa shape index (κ1) is 12.7. The van der Waals surface area contributed by atoms with E-state index < -0.39 is 0 Å². The van der Waals surface area contributed by atoms with E-state index in [4.69, 9.17) is 0 Å². The van der Waals surface area contributed by atoms with Gasteiger partial charge in [-0.1, -0.05) is 34.1 Å². The van der Waals surface area contributed by atoms with Crippen molar-refractivity contribution in [1.29, 1.82) is 0 Å². The molecule has 0 rings (SSSR count). The maximum Gasteiger partial charge on any atom is 0.132 e. The van der Waals surface area contributed by atoms with Gasteiger partial charge in [-0.05, 0) is 24.7 Å². The topological polar surface area (TPSA) is 17.1 Å². The lowest BCUT2D eigenvalue weighted by Gasteiger charge is -2.18. The van der Waals surface area contributed by atoms with Gasteiger partial charge in [0.1, 0.15) is 5.78 Å². The summed E-state index contributed by atoms with van der Waals surface area (Å²) < 4.78 is 0. The first-order valence-electron chi connectivity index (χ1n) is 5.63. The monoisotopic (exact) mass is 184 g/mol. The molecule has 0 saturated carbocycles. The molecule has 1 nitrogen and oxygen atoms in total. The van der Waals surface area contributed by atoms with E-state index in [2.05, 4.69) is 20.8 Å². The Morgan fingerprint density at radius 2 is 1.85 bits per heavy atom. The number of rotatable bonds is 7. The van der Waals surface area contributed by atoms with Gasteiger partial charge < -0.3 is 0 Å². The maximum absolute atomic E-state index is 11.1. The van der Waals surface area contributed by atoms with E-state index >= 15 is 0 Å². The van der Waals surface area contributed by atoms with E-state index in [1.165, 1.54) is 12.8 Å². The Bertz CT molecular complexity index is 138. The van der Waals surface area contributed by atoms with Gasteiger partial charge in [0.15, 0.2) is 0 Å². The highest BCUT2D eigenvalue weighted by Gasteiger charge is 2.10. The molecule has 0 amide bonds. The van der Waals surface area contributed by atoms with Gasteiger partial charge in [-0.2, -0.15) is 0 Å². The van der Waals surface area contributed by atoms with E-state index in [1.54, 1.807) is 0 Å². The SMILES string of the molecule is CCC(=O)CCCC(CC)C(C)C. The Morgan fingerprint density at radius 1 is 1.23 bits per heavy atom. The first-order valence-corrected chi connectivity index (χ1v) is 5.63. The van der Waals surface area contributed by atoms with Crippen LogP contribution in [0.2, 0.25) is 0 Å². The first-order chi connectivity index (χ1) is 6.11. The zero-order chi connectivity index (χ0) is 10.3. The molecule has 13 heavy (non-hydrogen) atoms. The summed E-state index contributed by atoms with van der Waals surface area (Å²) in [7, 11) is 0. The zero-order valence-electron chi connectivity index (χ0n) is 9.60. The highest BCUT2D eigenvalue weighted by atomic mass is 16.1. The molecule has 0 heterocycles. The largest absolute Gasteiger partial charge is 0.300 e. The van der Waals surface area contributed by atoms with Gasteiger partial charge in [0.2, 0.25) is 0 Å². The number of carbonyl (C=O) groups is 1. The second-order valence-corrected chi connectivity index (χ2v) is 4.20. The van der Waals surface area contributed by atoms with Gasteiger partial charge in [0.25, 0.3) is 0 Å². The third kappa shape index (κ3) is 5.84. The van der Waals surface area contributed by atoms with Crippen LogP contribution in [0.25, 0.3) is 0 Å². The summed E-state index contributed by atoms with van der Waals surface area (Å²) in [6, 6.07) is 0. The van der Waals surface area contributed by atoms with Crippen molar-refractivity contribution in [3.63, 3.8) is 0 Å². The average Bonchev–Trinajstić information content (AvgIpc) is 2.11. The van der Waals surface area contributed by atoms with Gasteiger partial charge in [0.05, 0.1) is 0 Å². The van der Waals surface area contributed by atoms with Gasteiger partial charge in [0, 0.05) is 12.8 Å². The predicted octanol–water partition coefficient (Wildman–Crippen LogP) is 3.82. The van der Waals surface area contributed by atoms with Crippen LogP contribution in [-0.2, 0) is 4.79 Å². The molecule has 78 valence electrons. The van der Waals surface area contributed by atoms with Crippen LogP contribution in [0.15, 0.2) is 0 Å². The second kappa shape index (κ2) is 7.11. The highest BCUT2D eigenvalue weighted by Crippen LogP contribution is 2.21. The molecule has 0 radical (unpaired) electrons. The molecule has 0 fully saturated rings. The van der Waals surface area contributed by atoms with Crippen molar-refractivity contribution in [3.05, 3.63) is 0 Å². The Morgan fingerprint density at radius 3 is 2.23 bits per heavy atom. The summed E-state index contributed by atoms with van der Waals surface area (Å²) in [5.74, 6) is 1.99. The number of hydrogen-bond donors (Lipinski definition) is 0. The summed E-state index contributed by atoms with van der Waals surface area (Å²) in [6.07, 6.45) is 5.05. The van der Waals surface area contributed by atoms with Crippen molar-refractivity contribution in [2.75, 3.05) is 0 Å². The molecule has 0 aromatic heterocycles. The van der Waals surface area contributed by atoms with Gasteiger partial charge >= 0.3 is 0 Å². The van der Waals surface area contributed by atoms with Crippen molar-refractivity contribution < 1.29 is 4.79 Å². The zero-order valence-corrected chi connectivity index (χ0v) is 9.60. The molecular formula is C12H24O. The van der Waals surface area contributed by atoms with Crippen molar-refractivity contribution in [3.8, 4) is 0 Å². The quantitative estimate of drug-likeness (QED) is 0.588. The van der Waals surface area contributed by atoms with E-state index in [-0.39, 0.29) is 0 Å². The standard InChI is InChI=1S/C12H24O/c1-5-11(10(3)4)8-7-9-12(13)6-2/h10-11H,5-9H2,1-4H3. The summed E-state index contributed by atoms with van der Waals surface area (Å²) in [5, 5.41) is 0. The van der Waals surface area contributed by atoms with Crippen molar-refractivity contribution in [2.24, 2.45) is 11.8 Å². The van der Waals surface area contributed by atoms with Crippen LogP contribution in [0, 0.1) is 11.8 Å². The lowest BCUT2D eigenvalue weighted by molar-refractivity contribution is -0.118. The molecule has 1 atom stereocenters. The number of Topliss-reactive ketones (excluding diaryl/α,β-unsaturated/α-hetero) is 1. The molecule has 0 aromatic carbocycles. The molecule has 0 spiro atoms. The van der Waals surface area contributed by atoms with Crippen LogP contribution in [0.1, 0.15) is 59.8 Å². The third-order valence-electron chi connectivity index (χ3n) is 2.89. The van der Waals surface area contributed by atoms with Crippen molar-refractivity contribution in [2.45, 2.75) is 59.8 Å². The molecule has 0 N–H and O–H groups in total. The van der Waals surface area contributed by atoms with Crippen LogP contribution in [0.4, 0.5) is 0 Å².